The zero-order chi connectivity index (χ0) is 40.3. The average molecular weight is 832 g/mol. The van der Waals surface area contributed by atoms with Crippen molar-refractivity contribution in [2.75, 3.05) is 37.0 Å². The van der Waals surface area contributed by atoms with Gasteiger partial charge in [0, 0.05) is 59.6 Å². The van der Waals surface area contributed by atoms with E-state index in [0.717, 1.165) is 50.9 Å². The molecule has 60 heavy (non-hydrogen) atoms. The van der Waals surface area contributed by atoms with Crippen LogP contribution in [-0.2, 0) is 0 Å². The first kappa shape index (κ1) is 35.2. The molecule has 0 saturated carbocycles. The van der Waals surface area contributed by atoms with Gasteiger partial charge in [0.25, 0.3) is 20.1 Å². The first-order valence-electron chi connectivity index (χ1n) is 20.2. The van der Waals surface area contributed by atoms with Gasteiger partial charge < -0.3 is 14.8 Å². The second-order valence-corrected chi connectivity index (χ2v) is 18.7. The van der Waals surface area contributed by atoms with Crippen molar-refractivity contribution in [1.29, 1.82) is 0 Å². The first-order valence-corrected chi connectivity index (χ1v) is 23.7. The zero-order valence-electron chi connectivity index (χ0n) is 33.7. The van der Waals surface area contributed by atoms with Crippen LogP contribution in [0.1, 0.15) is 16.7 Å². The molecule has 5 aromatic carbocycles. The predicted octanol–water partition coefficient (Wildman–Crippen LogP) is 5.41. The third-order valence-corrected chi connectivity index (χ3v) is 15.4. The molecule has 0 saturated heterocycles. The lowest BCUT2D eigenvalue weighted by atomic mass is 9.29. The Kier molecular flexibility index (Phi) is 7.34. The molecule has 1 N–H and O–H groups in total. The predicted molar refractivity (Wildman–Crippen MR) is 259 cm³/mol. The fourth-order valence-electron chi connectivity index (χ4n) is 11.0. The number of nitrogens with zero attached hydrogens (tertiary/aromatic N) is 5. The highest BCUT2D eigenvalue weighted by molar-refractivity contribution is 8.01. The van der Waals surface area contributed by atoms with Gasteiger partial charge in [0.2, 0.25) is 0 Å². The second-order valence-electron chi connectivity index (χ2n) is 16.5. The normalized spacial score (nSPS) is 14.9. The Morgan fingerprint density at radius 2 is 0.917 bits per heavy atom. The van der Waals surface area contributed by atoms with Gasteiger partial charge in [0.05, 0.1) is 29.5 Å². The summed E-state index contributed by atoms with van der Waals surface area (Å²) in [6.45, 7) is 6.46. The van der Waals surface area contributed by atoms with Gasteiger partial charge >= 0.3 is 0 Å². The number of rotatable bonds is 3. The third-order valence-electron chi connectivity index (χ3n) is 13.1. The fraction of sp³-hybridized carbons (Fsp3) is 0.130. The summed E-state index contributed by atoms with van der Waals surface area (Å²) in [5, 5.41) is 3.91. The quantitative estimate of drug-likeness (QED) is 0.184. The van der Waals surface area contributed by atoms with Crippen molar-refractivity contribution in [3.63, 3.8) is 0 Å². The van der Waals surface area contributed by atoms with E-state index in [1.54, 1.807) is 35.8 Å². The second kappa shape index (κ2) is 12.5. The summed E-state index contributed by atoms with van der Waals surface area (Å²) in [5.74, 6) is 3.44. The van der Waals surface area contributed by atoms with Crippen LogP contribution < -0.4 is 76.9 Å². The molecule has 8 heterocycles. The molecular formula is C46H35B3N6O2S3. The number of fused-ring (bicyclic) bond motifs is 12. The van der Waals surface area contributed by atoms with Gasteiger partial charge in [-0.05, 0) is 183 Å². The van der Waals surface area contributed by atoms with E-state index in [4.69, 9.17) is 9.47 Å². The molecule has 7 aromatic rings. The van der Waals surface area contributed by atoms with Gasteiger partial charge in [-0.2, -0.15) is 0 Å². The first-order chi connectivity index (χ1) is 29.3. The largest absolute Gasteiger partial charge is 0.457 e. The molecular weight excluding hydrogens is 797 g/mol. The number of benzene rings is 5. The highest BCUT2D eigenvalue weighted by Gasteiger charge is 2.49. The Labute approximate surface area is 363 Å². The van der Waals surface area contributed by atoms with Crippen molar-refractivity contribution in [3.8, 4) is 23.0 Å². The van der Waals surface area contributed by atoms with Crippen LogP contribution in [-0.4, -0.2) is 48.9 Å². The number of nitrogens with one attached hydrogen (secondary N) is 1. The summed E-state index contributed by atoms with van der Waals surface area (Å²) in [6.07, 6.45) is 14.1. The molecule has 14 heteroatoms. The van der Waals surface area contributed by atoms with E-state index in [2.05, 4.69) is 141 Å². The Morgan fingerprint density at radius 1 is 0.450 bits per heavy atom. The van der Waals surface area contributed by atoms with Gasteiger partial charge in [-0.25, -0.2) is 0 Å². The van der Waals surface area contributed by atoms with Crippen LogP contribution in [0, 0.1) is 20.8 Å². The molecule has 8 nitrogen and oxygen atoms in total. The molecule has 0 amide bonds. The van der Waals surface area contributed by atoms with E-state index < -0.39 is 0 Å². The van der Waals surface area contributed by atoms with E-state index in [-0.39, 0.29) is 20.1 Å². The lowest BCUT2D eigenvalue weighted by Gasteiger charge is -2.45. The van der Waals surface area contributed by atoms with E-state index in [1.165, 1.54) is 83.5 Å². The maximum absolute atomic E-state index is 6.66. The van der Waals surface area contributed by atoms with Gasteiger partial charge in [0.1, 0.15) is 23.0 Å². The molecule has 0 radical (unpaired) electrons. The average Bonchev–Trinajstić information content (AvgIpc) is 3.24. The molecule has 288 valence electrons. The van der Waals surface area contributed by atoms with E-state index in [1.807, 2.05) is 24.8 Å². The van der Waals surface area contributed by atoms with Crippen molar-refractivity contribution < 1.29 is 9.47 Å². The molecule has 0 aliphatic carbocycles. The number of anilines is 8. The molecule has 0 unspecified atom stereocenters. The van der Waals surface area contributed by atoms with Crippen molar-refractivity contribution in [2.24, 2.45) is 0 Å². The van der Waals surface area contributed by atoms with Crippen molar-refractivity contribution in [2.45, 2.75) is 20.8 Å². The molecule has 0 fully saturated rings. The highest BCUT2D eigenvalue weighted by atomic mass is 32.2. The van der Waals surface area contributed by atoms with Gasteiger partial charge in [-0.1, -0.05) is 12.1 Å². The topological polar surface area (TPSA) is 66.0 Å². The van der Waals surface area contributed by atoms with Crippen molar-refractivity contribution in [1.82, 2.24) is 9.97 Å². The molecule has 0 spiro atoms. The summed E-state index contributed by atoms with van der Waals surface area (Å²) in [7, 11) is 0. The van der Waals surface area contributed by atoms with Crippen LogP contribution in [0.15, 0.2) is 97.6 Å². The van der Waals surface area contributed by atoms with E-state index >= 15 is 0 Å². The lowest BCUT2D eigenvalue weighted by molar-refractivity contribution is 0.484. The lowest BCUT2D eigenvalue weighted by Crippen LogP contribution is -2.65. The highest BCUT2D eigenvalue weighted by Crippen LogP contribution is 2.47. The molecule has 2 aromatic heterocycles. The third kappa shape index (κ3) is 4.56. The van der Waals surface area contributed by atoms with Crippen LogP contribution in [0.25, 0.3) is 0 Å². The van der Waals surface area contributed by atoms with Gasteiger partial charge in [-0.3, -0.25) is 22.9 Å². The van der Waals surface area contributed by atoms with Crippen LogP contribution in [0.2, 0.25) is 0 Å². The van der Waals surface area contributed by atoms with Crippen LogP contribution >= 0.6 is 35.8 Å². The maximum atomic E-state index is 6.66. The summed E-state index contributed by atoms with van der Waals surface area (Å²) in [4.78, 5) is 9.01. The molecule has 6 aliphatic rings. The summed E-state index contributed by atoms with van der Waals surface area (Å²) in [6, 6.07) is 27.9. The summed E-state index contributed by atoms with van der Waals surface area (Å²) in [5.41, 5.74) is 24.2. The summed E-state index contributed by atoms with van der Waals surface area (Å²) < 4.78 is 20.6. The Balaban J connectivity index is 1.10. The minimum Gasteiger partial charge on any atom is -0.457 e. The van der Waals surface area contributed by atoms with Gasteiger partial charge in [-0.15, -0.1) is 0 Å². The Morgan fingerprint density at radius 3 is 1.50 bits per heavy atom. The number of ether oxygens (including phenoxy) is 2. The number of aryl methyl sites for hydroxylation is 3. The number of pyridine rings is 2. The van der Waals surface area contributed by atoms with Crippen molar-refractivity contribution in [3.05, 3.63) is 114 Å². The van der Waals surface area contributed by atoms with E-state index in [0.29, 0.717) is 0 Å². The van der Waals surface area contributed by atoms with Gasteiger partial charge in [0.15, 0.2) is 0 Å². The number of aromatic nitrogens is 2. The minimum absolute atomic E-state index is 0.0133. The van der Waals surface area contributed by atoms with Crippen LogP contribution in [0.4, 0.5) is 45.5 Å². The molecule has 0 bridgehead atoms. The van der Waals surface area contributed by atoms with E-state index in [9.17, 15) is 0 Å². The van der Waals surface area contributed by atoms with Crippen LogP contribution in [0.5, 0.6) is 23.0 Å². The number of hydrogen-bond acceptors (Lipinski definition) is 11. The zero-order valence-corrected chi connectivity index (χ0v) is 36.2. The molecule has 6 aliphatic heterocycles. The smallest absolute Gasteiger partial charge is 0.256 e. The fourth-order valence-corrected chi connectivity index (χ4v) is 13.1. The monoisotopic (exact) mass is 832 g/mol. The number of hydrogen-bond donors (Lipinski definition) is 1. The summed E-state index contributed by atoms with van der Waals surface area (Å²) >= 11 is 5.30. The van der Waals surface area contributed by atoms with Crippen molar-refractivity contribution >= 4 is 151 Å². The standard InChI is InChI=1S/C46H35B3N6O2S3/c1-23-11-33-44-40(15-23)56-42-21-50-9-7-26(42)47(44)28-17-29-34(19-32(28)52-33)53(58-4)37-12-24(2)13-38-45(37)49(29)31-18-30-35(20-36(31)54(38)59-5)55(60-6)39-14-25(3)16-41-46(39)48(30)27-8-10-51-22-43(27)57-41/h7-22,52H,1-6H3. The molecule has 0 atom stereocenters. The maximum Gasteiger partial charge on any atom is 0.256 e. The SMILES string of the molecule is CSN1c2cc3c(cc2B2c4ccncc4Oc4cc(C)cc1c42)B1c2cc4c(cc2N(SC)c2cc(C)cc(c21)N3SC)Nc1cc(C)cc2c1B4c1ccncc1O2. The van der Waals surface area contributed by atoms with Crippen LogP contribution in [0.3, 0.4) is 0 Å². The minimum atomic E-state index is -0.0306. The molecule has 13 rings (SSSR count). The Hall–Kier alpha value is -5.56. The Bertz CT molecular complexity index is 3110.